The number of hydrogen-bond acceptors (Lipinski definition) is 5. The van der Waals surface area contributed by atoms with Gasteiger partial charge in [0.1, 0.15) is 12.4 Å². The Kier molecular flexibility index (Phi) is 4.21. The maximum absolute atomic E-state index is 13.3. The maximum atomic E-state index is 13.3. The van der Waals surface area contributed by atoms with Gasteiger partial charge in [-0.3, -0.25) is 4.79 Å². The van der Waals surface area contributed by atoms with E-state index in [1.165, 1.54) is 0 Å². The van der Waals surface area contributed by atoms with Gasteiger partial charge in [-0.05, 0) is 37.5 Å². The number of carbonyl (C=O) groups excluding carboxylic acids is 1. The topological polar surface area (TPSA) is 84.0 Å². The van der Waals surface area contributed by atoms with Crippen LogP contribution in [-0.4, -0.2) is 45.3 Å². The van der Waals surface area contributed by atoms with E-state index in [4.69, 9.17) is 10.00 Å². The number of nitrogens with zero attached hydrogens (tertiary/aromatic N) is 5. The van der Waals surface area contributed by atoms with Crippen molar-refractivity contribution < 1.29 is 9.53 Å². The molecule has 1 aliphatic carbocycles. The first-order valence-corrected chi connectivity index (χ1v) is 8.97. The highest BCUT2D eigenvalue weighted by atomic mass is 16.5. The SMILES string of the molecule is CCn1cnnc1C1CN(C(=O)C2(c3ccc(C#N)cc3)CC2)CCO1. The molecule has 1 unspecified atom stereocenters. The first kappa shape index (κ1) is 16.7. The number of morpholine rings is 1. The summed E-state index contributed by atoms with van der Waals surface area (Å²) >= 11 is 0. The third-order valence-corrected chi connectivity index (χ3v) is 5.35. The molecular formula is C19H21N5O2. The molecule has 1 aliphatic heterocycles. The highest BCUT2D eigenvalue weighted by Crippen LogP contribution is 2.50. The Morgan fingerprint density at radius 1 is 1.38 bits per heavy atom. The second kappa shape index (κ2) is 6.54. The Balaban J connectivity index is 1.53. The van der Waals surface area contributed by atoms with E-state index in [-0.39, 0.29) is 12.0 Å². The van der Waals surface area contributed by atoms with Gasteiger partial charge in [0.2, 0.25) is 5.91 Å². The van der Waals surface area contributed by atoms with Gasteiger partial charge < -0.3 is 14.2 Å². The van der Waals surface area contributed by atoms with Crippen molar-refractivity contribution in [3.63, 3.8) is 0 Å². The molecular weight excluding hydrogens is 330 g/mol. The normalized spacial score (nSPS) is 21.2. The third-order valence-electron chi connectivity index (χ3n) is 5.35. The summed E-state index contributed by atoms with van der Waals surface area (Å²) in [4.78, 5) is 15.2. The van der Waals surface area contributed by atoms with Crippen molar-refractivity contribution in [2.75, 3.05) is 19.7 Å². The Labute approximate surface area is 152 Å². The molecule has 2 aromatic rings. The number of benzene rings is 1. The minimum absolute atomic E-state index is 0.151. The Morgan fingerprint density at radius 3 is 2.81 bits per heavy atom. The van der Waals surface area contributed by atoms with Crippen molar-refractivity contribution >= 4 is 5.91 Å². The minimum Gasteiger partial charge on any atom is -0.366 e. The predicted octanol–water partition coefficient (Wildman–Crippen LogP) is 1.80. The van der Waals surface area contributed by atoms with Crippen LogP contribution in [0.5, 0.6) is 0 Å². The molecule has 7 heteroatoms. The van der Waals surface area contributed by atoms with E-state index in [9.17, 15) is 4.79 Å². The number of nitriles is 1. The monoisotopic (exact) mass is 351 g/mol. The van der Waals surface area contributed by atoms with Gasteiger partial charge in [-0.15, -0.1) is 10.2 Å². The summed E-state index contributed by atoms with van der Waals surface area (Å²) in [6, 6.07) is 9.52. The number of carbonyl (C=O) groups is 1. The molecule has 1 aromatic heterocycles. The van der Waals surface area contributed by atoms with Crippen molar-refractivity contribution in [2.24, 2.45) is 0 Å². The molecule has 2 fully saturated rings. The number of amides is 1. The molecule has 1 aromatic carbocycles. The third kappa shape index (κ3) is 2.76. The van der Waals surface area contributed by atoms with Crippen LogP contribution in [0.15, 0.2) is 30.6 Å². The summed E-state index contributed by atoms with van der Waals surface area (Å²) in [5.74, 6) is 0.922. The molecule has 1 atom stereocenters. The lowest BCUT2D eigenvalue weighted by atomic mass is 9.93. The molecule has 1 saturated heterocycles. The Bertz CT molecular complexity index is 848. The van der Waals surface area contributed by atoms with Crippen molar-refractivity contribution in [3.05, 3.63) is 47.5 Å². The molecule has 0 radical (unpaired) electrons. The zero-order valence-electron chi connectivity index (χ0n) is 14.8. The largest absolute Gasteiger partial charge is 0.366 e. The molecule has 1 saturated carbocycles. The van der Waals surface area contributed by atoms with Gasteiger partial charge in [0, 0.05) is 13.1 Å². The number of hydrogen-bond donors (Lipinski definition) is 0. The Morgan fingerprint density at radius 2 is 2.15 bits per heavy atom. The molecule has 0 N–H and O–H groups in total. The predicted molar refractivity (Wildman–Crippen MR) is 93.0 cm³/mol. The number of rotatable bonds is 4. The Hall–Kier alpha value is -2.72. The van der Waals surface area contributed by atoms with Gasteiger partial charge in [-0.2, -0.15) is 5.26 Å². The molecule has 7 nitrogen and oxygen atoms in total. The van der Waals surface area contributed by atoms with E-state index in [0.717, 1.165) is 30.8 Å². The van der Waals surface area contributed by atoms with Crippen molar-refractivity contribution in [2.45, 2.75) is 37.8 Å². The number of ether oxygens (including phenoxy) is 1. The van der Waals surface area contributed by atoms with Crippen LogP contribution in [0.1, 0.15) is 42.8 Å². The summed E-state index contributed by atoms with van der Waals surface area (Å²) in [5, 5.41) is 17.1. The lowest BCUT2D eigenvalue weighted by molar-refractivity contribution is -0.142. The standard InChI is InChI=1S/C19H21N5O2/c1-2-23-13-21-22-17(23)16-12-24(9-10-26-16)18(25)19(7-8-19)15-5-3-14(11-20)4-6-15/h3-6,13,16H,2,7-10,12H2,1H3. The molecule has 0 spiro atoms. The second-order valence-corrected chi connectivity index (χ2v) is 6.86. The van der Waals surface area contributed by atoms with Crippen LogP contribution >= 0.6 is 0 Å². The van der Waals surface area contributed by atoms with Crippen molar-refractivity contribution in [1.29, 1.82) is 5.26 Å². The van der Waals surface area contributed by atoms with E-state index < -0.39 is 5.41 Å². The van der Waals surface area contributed by atoms with Gasteiger partial charge in [0.05, 0.1) is 30.2 Å². The smallest absolute Gasteiger partial charge is 0.233 e. The van der Waals surface area contributed by atoms with Crippen LogP contribution in [-0.2, 0) is 21.5 Å². The van der Waals surface area contributed by atoms with E-state index >= 15 is 0 Å². The van der Waals surface area contributed by atoms with E-state index in [0.29, 0.717) is 25.3 Å². The molecule has 2 heterocycles. The van der Waals surface area contributed by atoms with Crippen LogP contribution in [0.4, 0.5) is 0 Å². The first-order chi connectivity index (χ1) is 12.7. The van der Waals surface area contributed by atoms with Gasteiger partial charge >= 0.3 is 0 Å². The fourth-order valence-corrected chi connectivity index (χ4v) is 3.66. The van der Waals surface area contributed by atoms with Crippen LogP contribution in [0.2, 0.25) is 0 Å². The number of aromatic nitrogens is 3. The molecule has 0 bridgehead atoms. The molecule has 4 rings (SSSR count). The summed E-state index contributed by atoms with van der Waals surface area (Å²) in [6.45, 7) is 4.38. The van der Waals surface area contributed by atoms with E-state index in [1.807, 2.05) is 28.5 Å². The van der Waals surface area contributed by atoms with E-state index in [2.05, 4.69) is 16.3 Å². The molecule has 134 valence electrons. The van der Waals surface area contributed by atoms with Crippen LogP contribution in [0.3, 0.4) is 0 Å². The van der Waals surface area contributed by atoms with Crippen LogP contribution < -0.4 is 0 Å². The fourth-order valence-electron chi connectivity index (χ4n) is 3.66. The van der Waals surface area contributed by atoms with E-state index in [1.54, 1.807) is 18.5 Å². The molecule has 2 aliphatic rings. The highest BCUT2D eigenvalue weighted by molar-refractivity contribution is 5.91. The molecule has 1 amide bonds. The second-order valence-electron chi connectivity index (χ2n) is 6.86. The van der Waals surface area contributed by atoms with Crippen LogP contribution in [0, 0.1) is 11.3 Å². The fraction of sp³-hybridized carbons (Fsp3) is 0.474. The summed E-state index contributed by atoms with van der Waals surface area (Å²) in [7, 11) is 0. The zero-order valence-corrected chi connectivity index (χ0v) is 14.8. The zero-order chi connectivity index (χ0) is 18.1. The van der Waals surface area contributed by atoms with Crippen molar-refractivity contribution in [1.82, 2.24) is 19.7 Å². The summed E-state index contributed by atoms with van der Waals surface area (Å²) in [6.07, 6.45) is 3.15. The highest BCUT2D eigenvalue weighted by Gasteiger charge is 2.53. The van der Waals surface area contributed by atoms with Gasteiger partial charge in [0.15, 0.2) is 5.82 Å². The first-order valence-electron chi connectivity index (χ1n) is 8.97. The lowest BCUT2D eigenvalue weighted by Gasteiger charge is -2.35. The average Bonchev–Trinajstić information content (AvgIpc) is 3.37. The van der Waals surface area contributed by atoms with Crippen molar-refractivity contribution in [3.8, 4) is 6.07 Å². The summed E-state index contributed by atoms with van der Waals surface area (Å²) in [5.41, 5.74) is 1.18. The van der Waals surface area contributed by atoms with Gasteiger partial charge in [-0.1, -0.05) is 12.1 Å². The quantitative estimate of drug-likeness (QED) is 0.839. The number of aryl methyl sites for hydroxylation is 1. The summed E-state index contributed by atoms with van der Waals surface area (Å²) < 4.78 is 7.81. The lowest BCUT2D eigenvalue weighted by Crippen LogP contribution is -2.47. The molecule has 26 heavy (non-hydrogen) atoms. The van der Waals surface area contributed by atoms with Gasteiger partial charge in [-0.25, -0.2) is 0 Å². The maximum Gasteiger partial charge on any atom is 0.233 e. The minimum atomic E-state index is -0.436. The van der Waals surface area contributed by atoms with Gasteiger partial charge in [0.25, 0.3) is 0 Å². The average molecular weight is 351 g/mol. The van der Waals surface area contributed by atoms with Crippen LogP contribution in [0.25, 0.3) is 0 Å².